The Morgan fingerprint density at radius 3 is 2.28 bits per heavy atom. The van der Waals surface area contributed by atoms with Gasteiger partial charge in [-0.3, -0.25) is 4.57 Å². The minimum absolute atomic E-state index is 0.834. The second-order valence-electron chi connectivity index (χ2n) is 6.73. The first kappa shape index (κ1) is 19.6. The number of thiazole rings is 1. The monoisotopic (exact) mass is 461 g/mol. The van der Waals surface area contributed by atoms with Crippen molar-refractivity contribution in [1.82, 2.24) is 4.57 Å². The highest BCUT2D eigenvalue weighted by Gasteiger charge is 2.10. The van der Waals surface area contributed by atoms with Crippen LogP contribution in [0.2, 0.25) is 0 Å². The molecule has 29 heavy (non-hydrogen) atoms. The molecule has 144 valence electrons. The van der Waals surface area contributed by atoms with Crippen molar-refractivity contribution in [2.75, 3.05) is 0 Å². The van der Waals surface area contributed by atoms with E-state index in [2.05, 4.69) is 104 Å². The second kappa shape index (κ2) is 8.72. The molecule has 0 unspecified atom stereocenters. The molecule has 0 amide bonds. The Balaban J connectivity index is 1.83. The van der Waals surface area contributed by atoms with Crippen LogP contribution in [0, 0.1) is 6.92 Å². The van der Waals surface area contributed by atoms with Gasteiger partial charge in [-0.1, -0.05) is 76.1 Å². The maximum absolute atomic E-state index is 4.61. The van der Waals surface area contributed by atoms with E-state index in [1.54, 1.807) is 11.3 Å². The lowest BCUT2D eigenvalue weighted by Crippen LogP contribution is -2.13. The van der Waals surface area contributed by atoms with Gasteiger partial charge in [-0.25, -0.2) is 0 Å². The Kier molecular flexibility index (Phi) is 5.88. The van der Waals surface area contributed by atoms with Crippen molar-refractivity contribution >= 4 is 33.0 Å². The van der Waals surface area contributed by atoms with E-state index in [0.717, 1.165) is 37.5 Å². The summed E-state index contributed by atoms with van der Waals surface area (Å²) in [6, 6.07) is 26.9. The quantitative estimate of drug-likeness (QED) is 0.242. The van der Waals surface area contributed by atoms with Crippen molar-refractivity contribution in [2.24, 2.45) is 10.2 Å². The number of hydrogen-bond acceptors (Lipinski definition) is 3. The van der Waals surface area contributed by atoms with E-state index in [0.29, 0.717) is 0 Å². The zero-order valence-electron chi connectivity index (χ0n) is 16.2. The number of hydrogen-bond donors (Lipinski definition) is 0. The molecule has 4 aromatic rings. The third kappa shape index (κ3) is 4.47. The summed E-state index contributed by atoms with van der Waals surface area (Å²) in [5, 5.41) is 11.3. The minimum atomic E-state index is 0.834. The molecule has 0 aliphatic heterocycles. The van der Waals surface area contributed by atoms with Crippen LogP contribution in [0.25, 0.3) is 16.9 Å². The molecular weight excluding hydrogens is 442 g/mol. The molecule has 0 fully saturated rings. The van der Waals surface area contributed by atoms with Crippen LogP contribution in [0.15, 0.2) is 98.9 Å². The Morgan fingerprint density at radius 1 is 0.897 bits per heavy atom. The molecular formula is C24H20BrN3S. The number of aromatic nitrogens is 1. The highest BCUT2D eigenvalue weighted by Crippen LogP contribution is 2.25. The summed E-state index contributed by atoms with van der Waals surface area (Å²) in [7, 11) is 0. The largest absolute Gasteiger partial charge is 0.284 e. The molecule has 1 heterocycles. The highest BCUT2D eigenvalue weighted by atomic mass is 79.9. The first-order chi connectivity index (χ1) is 14.1. The fourth-order valence-corrected chi connectivity index (χ4v) is 4.12. The van der Waals surface area contributed by atoms with Gasteiger partial charge in [-0.15, -0.1) is 16.4 Å². The smallest absolute Gasteiger partial charge is 0.215 e. The molecule has 0 atom stereocenters. The summed E-state index contributed by atoms with van der Waals surface area (Å²) in [6.45, 7) is 4.07. The summed E-state index contributed by atoms with van der Waals surface area (Å²) in [5.74, 6) is 0. The van der Waals surface area contributed by atoms with E-state index in [9.17, 15) is 0 Å². The van der Waals surface area contributed by atoms with E-state index < -0.39 is 0 Å². The van der Waals surface area contributed by atoms with Crippen LogP contribution in [0.4, 0.5) is 0 Å². The molecule has 1 aromatic heterocycles. The van der Waals surface area contributed by atoms with E-state index in [1.165, 1.54) is 5.56 Å². The summed E-state index contributed by atoms with van der Waals surface area (Å²) in [6.07, 6.45) is 0. The topological polar surface area (TPSA) is 29.6 Å². The van der Waals surface area contributed by atoms with Gasteiger partial charge < -0.3 is 0 Å². The van der Waals surface area contributed by atoms with E-state index in [1.807, 2.05) is 25.1 Å². The van der Waals surface area contributed by atoms with Gasteiger partial charge in [0.2, 0.25) is 4.80 Å². The van der Waals surface area contributed by atoms with Gasteiger partial charge in [0.1, 0.15) is 0 Å². The van der Waals surface area contributed by atoms with Gasteiger partial charge in [0.05, 0.1) is 11.4 Å². The van der Waals surface area contributed by atoms with Gasteiger partial charge in [0.25, 0.3) is 0 Å². The zero-order chi connectivity index (χ0) is 20.2. The minimum Gasteiger partial charge on any atom is -0.284 e. The van der Waals surface area contributed by atoms with Crippen molar-refractivity contribution < 1.29 is 0 Å². The number of benzene rings is 3. The molecule has 0 bridgehead atoms. The summed E-state index contributed by atoms with van der Waals surface area (Å²) >= 11 is 5.10. The Labute approximate surface area is 182 Å². The summed E-state index contributed by atoms with van der Waals surface area (Å²) in [5.41, 5.74) is 6.49. The van der Waals surface area contributed by atoms with Crippen LogP contribution in [0.5, 0.6) is 0 Å². The molecule has 3 aromatic carbocycles. The third-order valence-corrected chi connectivity index (χ3v) is 5.96. The number of aryl methyl sites for hydroxylation is 1. The molecule has 0 N–H and O–H groups in total. The van der Waals surface area contributed by atoms with Crippen LogP contribution in [0.1, 0.15) is 18.1 Å². The predicted octanol–water partition coefficient (Wildman–Crippen LogP) is 6.60. The Morgan fingerprint density at radius 2 is 1.59 bits per heavy atom. The molecule has 0 aliphatic rings. The first-order valence-corrected chi connectivity index (χ1v) is 11.0. The van der Waals surface area contributed by atoms with Crippen molar-refractivity contribution in [3.8, 4) is 16.9 Å². The van der Waals surface area contributed by atoms with Gasteiger partial charge in [0.15, 0.2) is 0 Å². The second-order valence-corrected chi connectivity index (χ2v) is 8.49. The van der Waals surface area contributed by atoms with E-state index in [-0.39, 0.29) is 0 Å². The molecule has 0 aliphatic carbocycles. The lowest BCUT2D eigenvalue weighted by Gasteiger charge is -2.09. The first-order valence-electron chi connectivity index (χ1n) is 9.29. The standard InChI is InChI=1S/C24H20BrN3S/c1-17-8-10-19(11-9-17)18(2)26-27-24-28(22-6-4-3-5-7-22)23(16-29-24)20-12-14-21(25)15-13-20/h3-16H,1-2H3/b26-18+,27-24-. The van der Waals surface area contributed by atoms with Crippen molar-refractivity contribution in [1.29, 1.82) is 0 Å². The van der Waals surface area contributed by atoms with Crippen LogP contribution >= 0.6 is 27.3 Å². The normalized spacial score (nSPS) is 12.4. The Hall–Kier alpha value is -2.76. The van der Waals surface area contributed by atoms with E-state index >= 15 is 0 Å². The van der Waals surface area contributed by atoms with Crippen molar-refractivity contribution in [3.63, 3.8) is 0 Å². The van der Waals surface area contributed by atoms with Gasteiger partial charge >= 0.3 is 0 Å². The number of halogens is 1. The fourth-order valence-electron chi connectivity index (χ4n) is 3.00. The molecule has 0 saturated heterocycles. The van der Waals surface area contributed by atoms with Crippen molar-refractivity contribution in [2.45, 2.75) is 13.8 Å². The van der Waals surface area contributed by atoms with Gasteiger partial charge in [0, 0.05) is 15.5 Å². The maximum Gasteiger partial charge on any atom is 0.215 e. The lowest BCUT2D eigenvalue weighted by molar-refractivity contribution is 0.970. The number of nitrogens with zero attached hydrogens (tertiary/aromatic N) is 3. The fraction of sp³-hybridized carbons (Fsp3) is 0.0833. The SMILES string of the molecule is C/C(=N\N=c1/scc(-c2ccc(Br)cc2)n1-c1ccccc1)c1ccc(C)cc1. The van der Waals surface area contributed by atoms with E-state index in [4.69, 9.17) is 0 Å². The molecule has 5 heteroatoms. The van der Waals surface area contributed by atoms with Gasteiger partial charge in [-0.05, 0) is 49.2 Å². The summed E-state index contributed by atoms with van der Waals surface area (Å²) in [4.78, 5) is 0.834. The molecule has 4 rings (SSSR count). The van der Waals surface area contributed by atoms with Crippen LogP contribution in [0.3, 0.4) is 0 Å². The average Bonchev–Trinajstić information content (AvgIpc) is 3.17. The number of para-hydroxylation sites is 1. The molecule has 0 saturated carbocycles. The Bertz CT molecular complexity index is 1200. The third-order valence-electron chi connectivity index (χ3n) is 4.62. The van der Waals surface area contributed by atoms with Crippen LogP contribution in [-0.4, -0.2) is 10.3 Å². The van der Waals surface area contributed by atoms with Crippen molar-refractivity contribution in [3.05, 3.63) is 105 Å². The molecule has 3 nitrogen and oxygen atoms in total. The summed E-state index contributed by atoms with van der Waals surface area (Å²) < 4.78 is 3.21. The average molecular weight is 462 g/mol. The van der Waals surface area contributed by atoms with Crippen LogP contribution < -0.4 is 4.80 Å². The zero-order valence-corrected chi connectivity index (χ0v) is 18.6. The predicted molar refractivity (Wildman–Crippen MR) is 126 cm³/mol. The molecule has 0 spiro atoms. The molecule has 0 radical (unpaired) electrons. The lowest BCUT2D eigenvalue weighted by atomic mass is 10.1. The van der Waals surface area contributed by atoms with Gasteiger partial charge in [-0.2, -0.15) is 5.10 Å². The number of rotatable bonds is 4. The highest BCUT2D eigenvalue weighted by molar-refractivity contribution is 9.10. The maximum atomic E-state index is 4.61. The van der Waals surface area contributed by atoms with Crippen LogP contribution in [-0.2, 0) is 0 Å².